The van der Waals surface area contributed by atoms with Crippen molar-refractivity contribution in [3.8, 4) is 5.75 Å². The van der Waals surface area contributed by atoms with Gasteiger partial charge in [-0.25, -0.2) is 0 Å². The standard InChI is InChI=1S/C17H17BrO2/c1-11(2)20-16-7-5-4-6-14(16)17(19)13-8-9-15(18)12(3)10-13/h4-11H,1-3H3. The van der Waals surface area contributed by atoms with Gasteiger partial charge in [-0.1, -0.05) is 28.1 Å². The van der Waals surface area contributed by atoms with Gasteiger partial charge < -0.3 is 4.74 Å². The molecule has 0 bridgehead atoms. The Kier molecular flexibility index (Phi) is 4.61. The maximum absolute atomic E-state index is 12.6. The van der Waals surface area contributed by atoms with Gasteiger partial charge in [0.05, 0.1) is 11.7 Å². The number of rotatable bonds is 4. The predicted octanol–water partition coefficient (Wildman–Crippen LogP) is 4.78. The van der Waals surface area contributed by atoms with E-state index in [2.05, 4.69) is 15.9 Å². The summed E-state index contributed by atoms with van der Waals surface area (Å²) in [6, 6.07) is 13.0. The van der Waals surface area contributed by atoms with Gasteiger partial charge in [-0.3, -0.25) is 4.79 Å². The summed E-state index contributed by atoms with van der Waals surface area (Å²) >= 11 is 3.45. The Bertz CT molecular complexity index is 633. The zero-order chi connectivity index (χ0) is 14.7. The van der Waals surface area contributed by atoms with Crippen molar-refractivity contribution in [2.45, 2.75) is 26.9 Å². The van der Waals surface area contributed by atoms with Crippen LogP contribution in [0.25, 0.3) is 0 Å². The van der Waals surface area contributed by atoms with Crippen LogP contribution < -0.4 is 4.74 Å². The van der Waals surface area contributed by atoms with Crippen LogP contribution in [-0.2, 0) is 0 Å². The lowest BCUT2D eigenvalue weighted by atomic mass is 10.0. The first-order valence-electron chi connectivity index (χ1n) is 6.55. The smallest absolute Gasteiger partial charge is 0.196 e. The van der Waals surface area contributed by atoms with Crippen molar-refractivity contribution >= 4 is 21.7 Å². The van der Waals surface area contributed by atoms with Crippen LogP contribution >= 0.6 is 15.9 Å². The van der Waals surface area contributed by atoms with Crippen LogP contribution in [0.1, 0.15) is 35.3 Å². The first kappa shape index (κ1) is 14.8. The topological polar surface area (TPSA) is 26.3 Å². The molecule has 0 atom stereocenters. The van der Waals surface area contributed by atoms with Crippen LogP contribution in [0.5, 0.6) is 5.75 Å². The SMILES string of the molecule is Cc1cc(C(=O)c2ccccc2OC(C)C)ccc1Br. The lowest BCUT2D eigenvalue weighted by Gasteiger charge is -2.13. The van der Waals surface area contributed by atoms with Crippen molar-refractivity contribution in [3.63, 3.8) is 0 Å². The van der Waals surface area contributed by atoms with Gasteiger partial charge in [-0.2, -0.15) is 0 Å². The van der Waals surface area contributed by atoms with Gasteiger partial charge >= 0.3 is 0 Å². The van der Waals surface area contributed by atoms with E-state index in [0.717, 1.165) is 10.0 Å². The molecule has 2 nitrogen and oxygen atoms in total. The highest BCUT2D eigenvalue weighted by Crippen LogP contribution is 2.24. The number of carbonyl (C=O) groups excluding carboxylic acids is 1. The molecule has 0 aliphatic rings. The highest BCUT2D eigenvalue weighted by Gasteiger charge is 2.15. The average molecular weight is 333 g/mol. The number of aryl methyl sites for hydroxylation is 1. The van der Waals surface area contributed by atoms with Gasteiger partial charge in [0, 0.05) is 10.0 Å². The van der Waals surface area contributed by atoms with E-state index >= 15 is 0 Å². The van der Waals surface area contributed by atoms with Crippen LogP contribution in [0.2, 0.25) is 0 Å². The maximum atomic E-state index is 12.6. The van der Waals surface area contributed by atoms with Crippen LogP contribution in [0.15, 0.2) is 46.9 Å². The molecule has 0 saturated carbocycles. The highest BCUT2D eigenvalue weighted by molar-refractivity contribution is 9.10. The van der Waals surface area contributed by atoms with E-state index in [0.29, 0.717) is 16.9 Å². The number of halogens is 1. The fourth-order valence-corrected chi connectivity index (χ4v) is 2.20. The van der Waals surface area contributed by atoms with Crippen molar-refractivity contribution in [3.05, 3.63) is 63.6 Å². The van der Waals surface area contributed by atoms with Crippen LogP contribution in [0.3, 0.4) is 0 Å². The molecule has 0 aliphatic heterocycles. The van der Waals surface area contributed by atoms with E-state index in [9.17, 15) is 4.79 Å². The van der Waals surface area contributed by atoms with Crippen molar-refractivity contribution < 1.29 is 9.53 Å². The first-order chi connectivity index (χ1) is 9.49. The molecule has 0 aromatic heterocycles. The molecular formula is C17H17BrO2. The molecule has 2 rings (SSSR count). The largest absolute Gasteiger partial charge is 0.490 e. The molecular weight excluding hydrogens is 316 g/mol. The van der Waals surface area contributed by atoms with Gasteiger partial charge in [0.1, 0.15) is 5.75 Å². The second-order valence-electron chi connectivity index (χ2n) is 4.96. The number of hydrogen-bond donors (Lipinski definition) is 0. The number of hydrogen-bond acceptors (Lipinski definition) is 2. The van der Waals surface area contributed by atoms with E-state index in [1.54, 1.807) is 6.07 Å². The van der Waals surface area contributed by atoms with Crippen molar-refractivity contribution in [1.29, 1.82) is 0 Å². The Morgan fingerprint density at radius 3 is 2.50 bits per heavy atom. The molecule has 0 N–H and O–H groups in total. The van der Waals surface area contributed by atoms with E-state index in [4.69, 9.17) is 4.74 Å². The Labute approximate surface area is 127 Å². The molecule has 0 spiro atoms. The van der Waals surface area contributed by atoms with Gasteiger partial charge in [-0.15, -0.1) is 0 Å². The summed E-state index contributed by atoms with van der Waals surface area (Å²) in [4.78, 5) is 12.6. The lowest BCUT2D eigenvalue weighted by Crippen LogP contribution is -2.10. The Balaban J connectivity index is 2.40. The van der Waals surface area contributed by atoms with Crippen LogP contribution in [0, 0.1) is 6.92 Å². The molecule has 0 radical (unpaired) electrons. The minimum absolute atomic E-state index is 0.0168. The average Bonchev–Trinajstić information content (AvgIpc) is 2.41. The van der Waals surface area contributed by atoms with Crippen molar-refractivity contribution in [2.24, 2.45) is 0 Å². The van der Waals surface area contributed by atoms with E-state index in [1.807, 2.05) is 57.2 Å². The molecule has 0 amide bonds. The summed E-state index contributed by atoms with van der Waals surface area (Å²) in [5.74, 6) is 0.616. The molecule has 2 aromatic carbocycles. The minimum Gasteiger partial charge on any atom is -0.490 e. The summed E-state index contributed by atoms with van der Waals surface area (Å²) < 4.78 is 6.71. The molecule has 0 unspecified atom stereocenters. The number of carbonyl (C=O) groups is 1. The third kappa shape index (κ3) is 3.28. The third-order valence-corrected chi connectivity index (χ3v) is 3.80. The summed E-state index contributed by atoms with van der Waals surface area (Å²) in [6.45, 7) is 5.87. The Hall–Kier alpha value is -1.61. The molecule has 20 heavy (non-hydrogen) atoms. The molecule has 104 valence electrons. The molecule has 0 aliphatic carbocycles. The second kappa shape index (κ2) is 6.23. The molecule has 0 heterocycles. The number of ether oxygens (including phenoxy) is 1. The van der Waals surface area contributed by atoms with E-state index < -0.39 is 0 Å². The number of benzene rings is 2. The summed E-state index contributed by atoms with van der Waals surface area (Å²) in [7, 11) is 0. The Morgan fingerprint density at radius 1 is 1.15 bits per heavy atom. The van der Waals surface area contributed by atoms with E-state index in [-0.39, 0.29) is 11.9 Å². The number of ketones is 1. The minimum atomic E-state index is -0.0168. The van der Waals surface area contributed by atoms with Gasteiger partial charge in [0.25, 0.3) is 0 Å². The lowest BCUT2D eigenvalue weighted by molar-refractivity contribution is 0.103. The molecule has 0 saturated heterocycles. The summed E-state index contributed by atoms with van der Waals surface area (Å²) in [5.41, 5.74) is 2.31. The number of para-hydroxylation sites is 1. The van der Waals surface area contributed by atoms with Crippen LogP contribution in [0.4, 0.5) is 0 Å². The second-order valence-corrected chi connectivity index (χ2v) is 5.81. The maximum Gasteiger partial charge on any atom is 0.196 e. The monoisotopic (exact) mass is 332 g/mol. The predicted molar refractivity (Wildman–Crippen MR) is 84.5 cm³/mol. The summed E-state index contributed by atoms with van der Waals surface area (Å²) in [6.07, 6.45) is 0.0376. The fourth-order valence-electron chi connectivity index (χ4n) is 1.95. The quantitative estimate of drug-likeness (QED) is 0.753. The van der Waals surface area contributed by atoms with Crippen molar-refractivity contribution in [1.82, 2.24) is 0 Å². The van der Waals surface area contributed by atoms with Gasteiger partial charge in [0.2, 0.25) is 0 Å². The third-order valence-electron chi connectivity index (χ3n) is 2.91. The van der Waals surface area contributed by atoms with Gasteiger partial charge in [0.15, 0.2) is 5.78 Å². The Morgan fingerprint density at radius 2 is 1.85 bits per heavy atom. The van der Waals surface area contributed by atoms with Crippen molar-refractivity contribution in [2.75, 3.05) is 0 Å². The first-order valence-corrected chi connectivity index (χ1v) is 7.35. The van der Waals surface area contributed by atoms with Gasteiger partial charge in [-0.05, 0) is 56.7 Å². The van der Waals surface area contributed by atoms with E-state index in [1.165, 1.54) is 0 Å². The molecule has 2 aromatic rings. The zero-order valence-corrected chi connectivity index (χ0v) is 13.4. The fraction of sp³-hybridized carbons (Fsp3) is 0.235. The zero-order valence-electron chi connectivity index (χ0n) is 11.8. The van der Waals surface area contributed by atoms with Crippen LogP contribution in [-0.4, -0.2) is 11.9 Å². The highest BCUT2D eigenvalue weighted by atomic mass is 79.9. The molecule has 3 heteroatoms. The summed E-state index contributed by atoms with van der Waals surface area (Å²) in [5, 5.41) is 0. The normalized spacial score (nSPS) is 10.7. The molecule has 0 fully saturated rings.